The average molecular weight is 296 g/mol. The lowest BCUT2D eigenvalue weighted by Crippen LogP contribution is -2.03. The number of carbonyl (C=O) groups is 1. The Labute approximate surface area is 114 Å². The molecule has 3 aromatic rings. The minimum atomic E-state index is -1.28. The Morgan fingerprint density at radius 1 is 1.40 bits per heavy atom. The zero-order valence-electron chi connectivity index (χ0n) is 9.71. The van der Waals surface area contributed by atoms with E-state index in [1.807, 2.05) is 0 Å². The van der Waals surface area contributed by atoms with Crippen LogP contribution in [-0.4, -0.2) is 20.5 Å². The zero-order chi connectivity index (χ0) is 14.3. The van der Waals surface area contributed by atoms with Gasteiger partial charge >= 0.3 is 5.97 Å². The quantitative estimate of drug-likeness (QED) is 0.806. The van der Waals surface area contributed by atoms with E-state index in [0.29, 0.717) is 4.96 Å². The standard InChI is InChI=1S/C12H6F2N2O3S/c13-6-1-2-7(14)8(5-6)19-10-9(11(17)18)16-3-4-20-12(16)15-10/h1-5H,(H,17,18). The van der Waals surface area contributed by atoms with Gasteiger partial charge < -0.3 is 9.84 Å². The number of ether oxygens (including phenoxy) is 1. The van der Waals surface area contributed by atoms with Gasteiger partial charge in [-0.05, 0) is 12.1 Å². The Morgan fingerprint density at radius 2 is 2.20 bits per heavy atom. The molecule has 3 rings (SSSR count). The molecule has 8 heteroatoms. The first-order valence-electron chi connectivity index (χ1n) is 5.38. The minimum absolute atomic E-state index is 0.245. The first-order valence-corrected chi connectivity index (χ1v) is 6.26. The molecule has 0 saturated heterocycles. The van der Waals surface area contributed by atoms with Gasteiger partial charge in [0.25, 0.3) is 5.88 Å². The molecule has 2 heterocycles. The van der Waals surface area contributed by atoms with Crippen molar-refractivity contribution in [2.24, 2.45) is 0 Å². The molecule has 0 saturated carbocycles. The largest absolute Gasteiger partial charge is 0.476 e. The van der Waals surface area contributed by atoms with Gasteiger partial charge in [-0.1, -0.05) is 0 Å². The maximum atomic E-state index is 13.5. The van der Waals surface area contributed by atoms with Crippen molar-refractivity contribution in [1.82, 2.24) is 9.38 Å². The predicted molar refractivity (Wildman–Crippen MR) is 66.5 cm³/mol. The third-order valence-corrected chi connectivity index (χ3v) is 3.29. The number of carboxylic acids is 1. The number of aromatic carboxylic acids is 1. The van der Waals surface area contributed by atoms with Crippen LogP contribution in [0.15, 0.2) is 29.8 Å². The number of aromatic nitrogens is 2. The monoisotopic (exact) mass is 296 g/mol. The maximum absolute atomic E-state index is 13.5. The first kappa shape index (κ1) is 12.5. The highest BCUT2D eigenvalue weighted by Crippen LogP contribution is 2.29. The predicted octanol–water partition coefficient (Wildman–Crippen LogP) is 3.16. The number of hydrogen-bond acceptors (Lipinski definition) is 4. The number of nitrogens with zero attached hydrogens (tertiary/aromatic N) is 2. The molecule has 0 fully saturated rings. The summed E-state index contributed by atoms with van der Waals surface area (Å²) in [6, 6.07) is 2.66. The first-order chi connectivity index (χ1) is 9.56. The van der Waals surface area contributed by atoms with E-state index in [0.717, 1.165) is 18.2 Å². The zero-order valence-corrected chi connectivity index (χ0v) is 10.5. The van der Waals surface area contributed by atoms with Crippen LogP contribution in [-0.2, 0) is 0 Å². The van der Waals surface area contributed by atoms with Crippen LogP contribution in [0.4, 0.5) is 8.78 Å². The van der Waals surface area contributed by atoms with Gasteiger partial charge in [0.2, 0.25) is 0 Å². The molecule has 0 aliphatic heterocycles. The molecule has 0 atom stereocenters. The summed E-state index contributed by atoms with van der Waals surface area (Å²) in [5, 5.41) is 10.8. The number of rotatable bonds is 3. The maximum Gasteiger partial charge on any atom is 0.358 e. The van der Waals surface area contributed by atoms with E-state index >= 15 is 0 Å². The molecule has 0 amide bonds. The number of benzene rings is 1. The summed E-state index contributed by atoms with van der Waals surface area (Å²) < 4.78 is 33.0. The van der Waals surface area contributed by atoms with Crippen molar-refractivity contribution in [2.75, 3.05) is 0 Å². The van der Waals surface area contributed by atoms with E-state index in [1.54, 1.807) is 5.38 Å². The summed E-state index contributed by atoms with van der Waals surface area (Å²) in [7, 11) is 0. The molecule has 0 aliphatic carbocycles. The van der Waals surface area contributed by atoms with Gasteiger partial charge in [-0.25, -0.2) is 13.6 Å². The van der Waals surface area contributed by atoms with E-state index < -0.39 is 23.4 Å². The lowest BCUT2D eigenvalue weighted by molar-refractivity contribution is 0.0686. The smallest absolute Gasteiger partial charge is 0.358 e. The molecule has 2 aromatic heterocycles. The lowest BCUT2D eigenvalue weighted by Gasteiger charge is -2.04. The molecular weight excluding hydrogens is 290 g/mol. The summed E-state index contributed by atoms with van der Waals surface area (Å²) >= 11 is 1.20. The molecule has 1 N–H and O–H groups in total. The minimum Gasteiger partial charge on any atom is -0.476 e. The second-order valence-corrected chi connectivity index (χ2v) is 4.68. The average Bonchev–Trinajstić information content (AvgIpc) is 2.93. The summed E-state index contributed by atoms with van der Waals surface area (Å²) in [5.74, 6) is -3.48. The van der Waals surface area contributed by atoms with E-state index in [9.17, 15) is 13.6 Å². The van der Waals surface area contributed by atoms with Crippen molar-refractivity contribution in [3.8, 4) is 11.6 Å². The molecule has 20 heavy (non-hydrogen) atoms. The van der Waals surface area contributed by atoms with Crippen molar-refractivity contribution >= 4 is 22.3 Å². The number of thiazole rings is 1. The molecule has 0 aliphatic rings. The van der Waals surface area contributed by atoms with Crippen LogP contribution in [0.3, 0.4) is 0 Å². The van der Waals surface area contributed by atoms with Crippen LogP contribution in [0.2, 0.25) is 0 Å². The van der Waals surface area contributed by atoms with Gasteiger partial charge in [-0.2, -0.15) is 4.98 Å². The topological polar surface area (TPSA) is 63.8 Å². The van der Waals surface area contributed by atoms with Gasteiger partial charge in [-0.3, -0.25) is 4.40 Å². The van der Waals surface area contributed by atoms with Crippen molar-refractivity contribution in [1.29, 1.82) is 0 Å². The SMILES string of the molecule is O=C(O)c1c(Oc2cc(F)ccc2F)nc2sccn12. The van der Waals surface area contributed by atoms with E-state index in [4.69, 9.17) is 9.84 Å². The van der Waals surface area contributed by atoms with Gasteiger partial charge in [0.1, 0.15) is 5.82 Å². The van der Waals surface area contributed by atoms with Crippen LogP contribution in [0.1, 0.15) is 10.5 Å². The van der Waals surface area contributed by atoms with Gasteiger partial charge in [0.05, 0.1) is 0 Å². The molecule has 0 bridgehead atoms. The van der Waals surface area contributed by atoms with Crippen molar-refractivity contribution in [2.45, 2.75) is 0 Å². The number of halogens is 2. The van der Waals surface area contributed by atoms with Gasteiger partial charge in [0.15, 0.2) is 22.2 Å². The Balaban J connectivity index is 2.10. The van der Waals surface area contributed by atoms with Crippen molar-refractivity contribution < 1.29 is 23.4 Å². The molecular formula is C12H6F2N2O3S. The highest BCUT2D eigenvalue weighted by atomic mass is 32.1. The second kappa shape index (κ2) is 4.57. The van der Waals surface area contributed by atoms with Crippen LogP contribution in [0.5, 0.6) is 11.6 Å². The summed E-state index contributed by atoms with van der Waals surface area (Å²) in [6.45, 7) is 0. The molecule has 0 unspecified atom stereocenters. The van der Waals surface area contributed by atoms with E-state index in [2.05, 4.69) is 4.98 Å². The summed E-state index contributed by atoms with van der Waals surface area (Å²) in [5.41, 5.74) is -0.245. The van der Waals surface area contributed by atoms with Crippen LogP contribution in [0.25, 0.3) is 4.96 Å². The normalized spacial score (nSPS) is 10.9. The number of hydrogen-bond donors (Lipinski definition) is 1. The Morgan fingerprint density at radius 3 is 2.95 bits per heavy atom. The highest BCUT2D eigenvalue weighted by Gasteiger charge is 2.22. The fraction of sp³-hybridized carbons (Fsp3) is 0. The fourth-order valence-corrected chi connectivity index (χ4v) is 2.40. The second-order valence-electron chi connectivity index (χ2n) is 3.80. The third-order valence-electron chi connectivity index (χ3n) is 2.53. The number of imidazole rings is 1. The summed E-state index contributed by atoms with van der Waals surface area (Å²) in [6.07, 6.45) is 1.51. The third kappa shape index (κ3) is 1.99. The fourth-order valence-electron chi connectivity index (χ4n) is 1.69. The van der Waals surface area contributed by atoms with Crippen LogP contribution >= 0.6 is 11.3 Å². The van der Waals surface area contributed by atoms with Crippen molar-refractivity contribution in [3.05, 3.63) is 47.1 Å². The summed E-state index contributed by atoms with van der Waals surface area (Å²) in [4.78, 5) is 15.6. The number of carboxylic acid groups (broad SMARTS) is 1. The number of fused-ring (bicyclic) bond motifs is 1. The lowest BCUT2D eigenvalue weighted by atomic mass is 10.3. The highest BCUT2D eigenvalue weighted by molar-refractivity contribution is 7.15. The molecule has 102 valence electrons. The van der Waals surface area contributed by atoms with E-state index in [1.165, 1.54) is 21.9 Å². The molecule has 0 spiro atoms. The van der Waals surface area contributed by atoms with E-state index in [-0.39, 0.29) is 11.6 Å². The Hall–Kier alpha value is -2.48. The molecule has 5 nitrogen and oxygen atoms in total. The molecule has 1 aromatic carbocycles. The van der Waals surface area contributed by atoms with Crippen molar-refractivity contribution in [3.63, 3.8) is 0 Å². The van der Waals surface area contributed by atoms with Gasteiger partial charge in [0, 0.05) is 17.6 Å². The van der Waals surface area contributed by atoms with Crippen LogP contribution in [0, 0.1) is 11.6 Å². The Kier molecular flexibility index (Phi) is 2.87. The van der Waals surface area contributed by atoms with Crippen LogP contribution < -0.4 is 4.74 Å². The molecule has 0 radical (unpaired) electrons. The Bertz CT molecular complexity index is 812. The van der Waals surface area contributed by atoms with Gasteiger partial charge in [-0.15, -0.1) is 11.3 Å².